The smallest absolute Gasteiger partial charge is 0.291 e. The van der Waals surface area contributed by atoms with Crippen molar-refractivity contribution < 1.29 is 18.7 Å². The van der Waals surface area contributed by atoms with Crippen LogP contribution < -0.4 is 15.0 Å². The first-order valence-electron chi connectivity index (χ1n) is 10.3. The van der Waals surface area contributed by atoms with E-state index in [1.807, 2.05) is 26.8 Å². The summed E-state index contributed by atoms with van der Waals surface area (Å²) in [6, 6.07) is 9.37. The first-order valence-corrected chi connectivity index (χ1v) is 10.3. The molecule has 1 aliphatic heterocycles. The van der Waals surface area contributed by atoms with Gasteiger partial charge in [0, 0.05) is 23.2 Å². The molecule has 156 valence electrons. The van der Waals surface area contributed by atoms with Gasteiger partial charge in [0.1, 0.15) is 11.3 Å². The standard InChI is InChI=1S/C24H26N2O4/c1-5-6-9-26-18-12-17(7-8-19(18)29-13-21(26)27)25-24(28)23-16(4)22-15(3)10-14(2)11-20(22)30-23/h7-8,10-12H,5-6,9,13H2,1-4H3,(H,25,28). The summed E-state index contributed by atoms with van der Waals surface area (Å²) in [5.74, 6) is 0.559. The molecule has 2 heterocycles. The maximum absolute atomic E-state index is 13.0. The van der Waals surface area contributed by atoms with Gasteiger partial charge < -0.3 is 19.4 Å². The second-order valence-electron chi connectivity index (χ2n) is 7.84. The molecule has 6 nitrogen and oxygen atoms in total. The molecule has 0 fully saturated rings. The Bertz CT molecular complexity index is 1150. The average molecular weight is 406 g/mol. The van der Waals surface area contributed by atoms with Crippen LogP contribution in [0.1, 0.15) is 47.0 Å². The largest absolute Gasteiger partial charge is 0.482 e. The highest BCUT2D eigenvalue weighted by Gasteiger charge is 2.26. The van der Waals surface area contributed by atoms with Crippen molar-refractivity contribution in [3.05, 3.63) is 52.8 Å². The molecule has 0 radical (unpaired) electrons. The normalized spacial score (nSPS) is 13.3. The van der Waals surface area contributed by atoms with Gasteiger partial charge in [0.25, 0.3) is 11.8 Å². The Morgan fingerprint density at radius 3 is 2.73 bits per heavy atom. The van der Waals surface area contributed by atoms with Crippen molar-refractivity contribution in [2.45, 2.75) is 40.5 Å². The molecule has 1 N–H and O–H groups in total. The van der Waals surface area contributed by atoms with Gasteiger partial charge in [-0.1, -0.05) is 19.4 Å². The zero-order valence-corrected chi connectivity index (χ0v) is 17.8. The van der Waals surface area contributed by atoms with Crippen molar-refractivity contribution in [2.75, 3.05) is 23.4 Å². The molecule has 0 spiro atoms. The monoisotopic (exact) mass is 406 g/mol. The zero-order chi connectivity index (χ0) is 21.4. The number of furan rings is 1. The summed E-state index contributed by atoms with van der Waals surface area (Å²) in [5.41, 5.74) is 4.98. The predicted molar refractivity (Wildman–Crippen MR) is 118 cm³/mol. The second-order valence-corrected chi connectivity index (χ2v) is 7.84. The lowest BCUT2D eigenvalue weighted by Crippen LogP contribution is -2.39. The molecular formula is C24H26N2O4. The Labute approximate surface area is 175 Å². The molecule has 0 saturated carbocycles. The molecule has 3 aromatic rings. The van der Waals surface area contributed by atoms with Crippen LogP contribution in [0.4, 0.5) is 11.4 Å². The van der Waals surface area contributed by atoms with Crippen molar-refractivity contribution in [2.24, 2.45) is 0 Å². The van der Waals surface area contributed by atoms with E-state index < -0.39 is 0 Å². The lowest BCUT2D eigenvalue weighted by atomic mass is 10.0. The molecule has 0 unspecified atom stereocenters. The fourth-order valence-corrected chi connectivity index (χ4v) is 4.04. The number of benzene rings is 2. The van der Waals surface area contributed by atoms with E-state index in [4.69, 9.17) is 9.15 Å². The van der Waals surface area contributed by atoms with Crippen molar-refractivity contribution in [3.8, 4) is 5.75 Å². The van der Waals surface area contributed by atoms with E-state index in [1.165, 1.54) is 0 Å². The van der Waals surface area contributed by atoms with Crippen molar-refractivity contribution in [3.63, 3.8) is 0 Å². The minimum Gasteiger partial charge on any atom is -0.482 e. The molecule has 0 atom stereocenters. The van der Waals surface area contributed by atoms with E-state index in [-0.39, 0.29) is 18.4 Å². The maximum Gasteiger partial charge on any atom is 0.291 e. The molecule has 4 rings (SSSR count). The van der Waals surface area contributed by atoms with Crippen molar-refractivity contribution in [1.82, 2.24) is 0 Å². The minimum absolute atomic E-state index is 0.0410. The van der Waals surface area contributed by atoms with Crippen molar-refractivity contribution in [1.29, 1.82) is 0 Å². The molecule has 2 aromatic carbocycles. The highest BCUT2D eigenvalue weighted by molar-refractivity contribution is 6.07. The van der Waals surface area contributed by atoms with E-state index >= 15 is 0 Å². The lowest BCUT2D eigenvalue weighted by Gasteiger charge is -2.29. The number of nitrogens with zero attached hydrogens (tertiary/aromatic N) is 1. The predicted octanol–water partition coefficient (Wildman–Crippen LogP) is 5.14. The van der Waals surface area contributed by atoms with Crippen molar-refractivity contribution >= 4 is 34.2 Å². The number of aryl methyl sites for hydroxylation is 3. The summed E-state index contributed by atoms with van der Waals surface area (Å²) in [7, 11) is 0. The van der Waals surface area contributed by atoms with Crippen LogP contribution in [-0.2, 0) is 4.79 Å². The van der Waals surface area contributed by atoms with Gasteiger partial charge in [0.15, 0.2) is 12.4 Å². The van der Waals surface area contributed by atoms with Crippen LogP contribution in [0.3, 0.4) is 0 Å². The Morgan fingerprint density at radius 1 is 1.17 bits per heavy atom. The SMILES string of the molecule is CCCCN1C(=O)COc2ccc(NC(=O)c3oc4cc(C)cc(C)c4c3C)cc21. The summed E-state index contributed by atoms with van der Waals surface area (Å²) >= 11 is 0. The third-order valence-electron chi connectivity index (χ3n) is 5.47. The number of hydrogen-bond donors (Lipinski definition) is 1. The topological polar surface area (TPSA) is 71.8 Å². The van der Waals surface area contributed by atoms with Gasteiger partial charge in [0.2, 0.25) is 0 Å². The molecule has 0 bridgehead atoms. The van der Waals surface area contributed by atoms with E-state index in [9.17, 15) is 9.59 Å². The fraction of sp³-hybridized carbons (Fsp3) is 0.333. The number of unbranched alkanes of at least 4 members (excludes halogenated alkanes) is 1. The summed E-state index contributed by atoms with van der Waals surface area (Å²) in [5, 5.41) is 3.88. The third kappa shape index (κ3) is 3.54. The Kier molecular flexibility index (Phi) is 5.24. The van der Waals surface area contributed by atoms with Gasteiger partial charge >= 0.3 is 0 Å². The van der Waals surface area contributed by atoms with E-state index in [0.717, 1.165) is 34.9 Å². The summed E-state index contributed by atoms with van der Waals surface area (Å²) < 4.78 is 11.4. The van der Waals surface area contributed by atoms with Gasteiger partial charge in [0.05, 0.1) is 5.69 Å². The summed E-state index contributed by atoms with van der Waals surface area (Å²) in [4.78, 5) is 27.0. The van der Waals surface area contributed by atoms with Crippen LogP contribution in [-0.4, -0.2) is 25.0 Å². The number of anilines is 2. The van der Waals surface area contributed by atoms with Gasteiger partial charge in [-0.2, -0.15) is 0 Å². The molecule has 0 saturated heterocycles. The molecule has 30 heavy (non-hydrogen) atoms. The van der Waals surface area contributed by atoms with Crippen LogP contribution in [0.5, 0.6) is 5.75 Å². The van der Waals surface area contributed by atoms with Crippen LogP contribution >= 0.6 is 0 Å². The highest BCUT2D eigenvalue weighted by atomic mass is 16.5. The van der Waals surface area contributed by atoms with E-state index in [1.54, 1.807) is 23.1 Å². The number of amides is 2. The molecular weight excluding hydrogens is 380 g/mol. The average Bonchev–Trinajstić information content (AvgIpc) is 3.03. The fourth-order valence-electron chi connectivity index (χ4n) is 4.04. The van der Waals surface area contributed by atoms with E-state index in [0.29, 0.717) is 35.0 Å². The minimum atomic E-state index is -0.316. The van der Waals surface area contributed by atoms with Gasteiger partial charge in [-0.25, -0.2) is 0 Å². The number of carbonyl (C=O) groups is 2. The second kappa shape index (κ2) is 7.86. The summed E-state index contributed by atoms with van der Waals surface area (Å²) in [6.45, 7) is 8.68. The van der Waals surface area contributed by atoms with Gasteiger partial charge in [-0.05, 0) is 62.6 Å². The number of carbonyl (C=O) groups excluding carboxylic acids is 2. The number of rotatable bonds is 5. The van der Waals surface area contributed by atoms with Crippen LogP contribution in [0, 0.1) is 20.8 Å². The lowest BCUT2D eigenvalue weighted by molar-refractivity contribution is -0.121. The van der Waals surface area contributed by atoms with Crippen LogP contribution in [0.2, 0.25) is 0 Å². The zero-order valence-electron chi connectivity index (χ0n) is 17.8. The highest BCUT2D eigenvalue weighted by Crippen LogP contribution is 2.35. The Balaban J connectivity index is 1.64. The molecule has 1 aromatic heterocycles. The van der Waals surface area contributed by atoms with Gasteiger partial charge in [-0.3, -0.25) is 9.59 Å². The first-order chi connectivity index (χ1) is 14.4. The number of ether oxygens (including phenoxy) is 1. The molecule has 6 heteroatoms. The number of fused-ring (bicyclic) bond motifs is 2. The molecule has 0 aliphatic carbocycles. The van der Waals surface area contributed by atoms with Crippen LogP contribution in [0.15, 0.2) is 34.7 Å². The maximum atomic E-state index is 13.0. The van der Waals surface area contributed by atoms with E-state index in [2.05, 4.69) is 18.3 Å². The Morgan fingerprint density at radius 2 is 1.97 bits per heavy atom. The molecule has 1 aliphatic rings. The Hall–Kier alpha value is -3.28. The number of nitrogens with one attached hydrogen (secondary N) is 1. The third-order valence-corrected chi connectivity index (χ3v) is 5.47. The van der Waals surface area contributed by atoms with Gasteiger partial charge in [-0.15, -0.1) is 0 Å². The van der Waals surface area contributed by atoms with Crippen LogP contribution in [0.25, 0.3) is 11.0 Å². The number of hydrogen-bond acceptors (Lipinski definition) is 4. The quantitative estimate of drug-likeness (QED) is 0.637. The first kappa shape index (κ1) is 20.0. The summed E-state index contributed by atoms with van der Waals surface area (Å²) in [6.07, 6.45) is 1.89. The molecule has 2 amide bonds.